The number of likely N-dealkylation sites (tertiary alicyclic amines) is 1. The molecule has 1 aliphatic carbocycles. The second-order valence-electron chi connectivity index (χ2n) is 9.44. The Morgan fingerprint density at radius 1 is 1.21 bits per heavy atom. The fourth-order valence-electron chi connectivity index (χ4n) is 7.56. The fraction of sp³-hybridized carbons (Fsp3) is 0.720. The molecular weight excluding hydrogens is 360 g/mol. The van der Waals surface area contributed by atoms with E-state index in [0.29, 0.717) is 5.92 Å². The number of amides is 1. The molecule has 1 spiro atoms. The molecule has 0 saturated carbocycles. The van der Waals surface area contributed by atoms with Crippen LogP contribution in [-0.4, -0.2) is 49.2 Å². The monoisotopic (exact) mass is 398 g/mol. The molecular formula is C25H38N2O2. The van der Waals surface area contributed by atoms with Crippen molar-refractivity contribution in [2.45, 2.75) is 81.8 Å². The van der Waals surface area contributed by atoms with Gasteiger partial charge in [0.1, 0.15) is 0 Å². The summed E-state index contributed by atoms with van der Waals surface area (Å²) in [5, 5.41) is 3.79. The highest BCUT2D eigenvalue weighted by molar-refractivity contribution is 5.52. The number of carbonyl (C=O) groups excluding carboxylic acids is 1. The van der Waals surface area contributed by atoms with E-state index in [1.807, 2.05) is 7.11 Å². The summed E-state index contributed by atoms with van der Waals surface area (Å²) in [5.41, 5.74) is 2.53. The van der Waals surface area contributed by atoms with Gasteiger partial charge in [-0.3, -0.25) is 4.79 Å². The maximum Gasteiger partial charge on any atom is 0.210 e. The molecule has 2 heterocycles. The van der Waals surface area contributed by atoms with Crippen LogP contribution >= 0.6 is 0 Å². The first-order chi connectivity index (χ1) is 14.1. The number of aryl methyl sites for hydroxylation is 1. The van der Waals surface area contributed by atoms with Crippen LogP contribution in [0, 0.1) is 5.92 Å². The summed E-state index contributed by atoms with van der Waals surface area (Å²) in [5.74, 6) is 0.363. The van der Waals surface area contributed by atoms with E-state index in [-0.39, 0.29) is 16.6 Å². The minimum Gasteiger partial charge on any atom is -0.376 e. The minimum atomic E-state index is -0.315. The zero-order chi connectivity index (χ0) is 20.5. The van der Waals surface area contributed by atoms with Gasteiger partial charge < -0.3 is 15.0 Å². The molecule has 160 valence electrons. The molecule has 4 rings (SSSR count). The van der Waals surface area contributed by atoms with Crippen molar-refractivity contribution in [2.24, 2.45) is 5.92 Å². The van der Waals surface area contributed by atoms with Gasteiger partial charge in [0.05, 0.1) is 11.1 Å². The van der Waals surface area contributed by atoms with E-state index >= 15 is 0 Å². The molecule has 1 aromatic rings. The highest BCUT2D eigenvalue weighted by atomic mass is 16.5. The van der Waals surface area contributed by atoms with Gasteiger partial charge in [-0.25, -0.2) is 0 Å². The molecule has 2 aliphatic heterocycles. The first kappa shape index (κ1) is 20.9. The Morgan fingerprint density at radius 3 is 2.72 bits per heavy atom. The smallest absolute Gasteiger partial charge is 0.210 e. The normalized spacial score (nSPS) is 32.4. The summed E-state index contributed by atoms with van der Waals surface area (Å²) in [4.78, 5) is 14.7. The van der Waals surface area contributed by atoms with Crippen LogP contribution in [0.2, 0.25) is 0 Å². The third-order valence-electron chi connectivity index (χ3n) is 8.82. The van der Waals surface area contributed by atoms with Crippen molar-refractivity contribution < 1.29 is 9.53 Å². The summed E-state index contributed by atoms with van der Waals surface area (Å²) in [6, 6.07) is 9.07. The average Bonchev–Trinajstić information content (AvgIpc) is 3.20. The van der Waals surface area contributed by atoms with Gasteiger partial charge in [0.15, 0.2) is 0 Å². The van der Waals surface area contributed by atoms with Crippen molar-refractivity contribution in [3.63, 3.8) is 0 Å². The molecule has 4 heteroatoms. The van der Waals surface area contributed by atoms with Crippen LogP contribution in [0.3, 0.4) is 0 Å². The number of nitrogens with zero attached hydrogens (tertiary/aromatic N) is 1. The van der Waals surface area contributed by atoms with E-state index in [2.05, 4.69) is 48.3 Å². The standard InChI is InChI=1S/C25H38N2O2/c1-4-24(5-2,29-3)25(15-8-9-16-27(25)19-28)22-17-26-18-23(22)14-10-12-20-11-6-7-13-21(20)23/h6-7,11,13,19,22,26H,4-5,8-10,12,14-18H2,1-3H3/t22-,23-,25?/m1/s1. The molecule has 2 saturated heterocycles. The number of benzene rings is 1. The zero-order valence-electron chi connectivity index (χ0n) is 18.5. The van der Waals surface area contributed by atoms with E-state index < -0.39 is 0 Å². The van der Waals surface area contributed by atoms with E-state index in [9.17, 15) is 4.79 Å². The highest BCUT2D eigenvalue weighted by Crippen LogP contribution is 2.57. The third-order valence-corrected chi connectivity index (χ3v) is 8.82. The summed E-state index contributed by atoms with van der Waals surface area (Å²) >= 11 is 0. The minimum absolute atomic E-state index is 0.0849. The number of hydrogen-bond donors (Lipinski definition) is 1. The molecule has 0 radical (unpaired) electrons. The fourth-order valence-corrected chi connectivity index (χ4v) is 7.56. The van der Waals surface area contributed by atoms with Crippen LogP contribution in [0.5, 0.6) is 0 Å². The quantitative estimate of drug-likeness (QED) is 0.735. The van der Waals surface area contributed by atoms with Crippen molar-refractivity contribution in [1.82, 2.24) is 10.2 Å². The molecule has 0 aromatic heterocycles. The molecule has 4 nitrogen and oxygen atoms in total. The lowest BCUT2D eigenvalue weighted by Gasteiger charge is -2.62. The molecule has 29 heavy (non-hydrogen) atoms. The number of piperidine rings is 1. The topological polar surface area (TPSA) is 41.6 Å². The van der Waals surface area contributed by atoms with Crippen LogP contribution in [0.15, 0.2) is 24.3 Å². The van der Waals surface area contributed by atoms with Gasteiger partial charge >= 0.3 is 0 Å². The summed E-state index contributed by atoms with van der Waals surface area (Å²) in [6.45, 7) is 7.31. The number of methoxy groups -OCH3 is 1. The summed E-state index contributed by atoms with van der Waals surface area (Å²) in [6.07, 6.45) is 9.90. The van der Waals surface area contributed by atoms with E-state index in [1.165, 1.54) is 36.8 Å². The predicted octanol–water partition coefficient (Wildman–Crippen LogP) is 4.07. The number of carbonyl (C=O) groups is 1. The summed E-state index contributed by atoms with van der Waals surface area (Å²) < 4.78 is 6.42. The van der Waals surface area contributed by atoms with Crippen LogP contribution < -0.4 is 5.32 Å². The Hall–Kier alpha value is -1.39. The lowest BCUT2D eigenvalue weighted by atomic mass is 9.52. The van der Waals surface area contributed by atoms with Gasteiger partial charge in [0, 0.05) is 38.1 Å². The molecule has 1 N–H and O–H groups in total. The largest absolute Gasteiger partial charge is 0.376 e. The predicted molar refractivity (Wildman–Crippen MR) is 117 cm³/mol. The number of fused-ring (bicyclic) bond motifs is 2. The highest BCUT2D eigenvalue weighted by Gasteiger charge is 2.65. The summed E-state index contributed by atoms with van der Waals surface area (Å²) in [7, 11) is 1.87. The van der Waals surface area contributed by atoms with Crippen molar-refractivity contribution in [2.75, 3.05) is 26.7 Å². The van der Waals surface area contributed by atoms with Crippen molar-refractivity contribution >= 4 is 6.41 Å². The van der Waals surface area contributed by atoms with Crippen molar-refractivity contribution in [3.8, 4) is 0 Å². The van der Waals surface area contributed by atoms with Crippen LogP contribution in [0.1, 0.15) is 69.9 Å². The van der Waals surface area contributed by atoms with E-state index in [0.717, 1.165) is 51.7 Å². The van der Waals surface area contributed by atoms with Gasteiger partial charge in [0.2, 0.25) is 6.41 Å². The number of hydrogen-bond acceptors (Lipinski definition) is 3. The first-order valence-electron chi connectivity index (χ1n) is 11.7. The molecule has 2 fully saturated rings. The zero-order valence-corrected chi connectivity index (χ0v) is 18.5. The Bertz CT molecular complexity index is 723. The van der Waals surface area contributed by atoms with Gasteiger partial charge in [0.25, 0.3) is 0 Å². The first-order valence-corrected chi connectivity index (χ1v) is 11.7. The average molecular weight is 399 g/mol. The Kier molecular flexibility index (Phi) is 5.78. The van der Waals surface area contributed by atoms with Crippen molar-refractivity contribution in [3.05, 3.63) is 35.4 Å². The van der Waals surface area contributed by atoms with Gasteiger partial charge in [-0.2, -0.15) is 0 Å². The van der Waals surface area contributed by atoms with Gasteiger partial charge in [-0.15, -0.1) is 0 Å². The van der Waals surface area contributed by atoms with Gasteiger partial charge in [-0.1, -0.05) is 38.1 Å². The Labute approximate surface area is 176 Å². The van der Waals surface area contributed by atoms with E-state index in [1.54, 1.807) is 0 Å². The molecule has 1 unspecified atom stereocenters. The lowest BCUT2D eigenvalue weighted by molar-refractivity contribution is -0.187. The number of nitrogens with one attached hydrogen (secondary N) is 1. The van der Waals surface area contributed by atoms with E-state index in [4.69, 9.17) is 4.74 Å². The van der Waals surface area contributed by atoms with Crippen molar-refractivity contribution in [1.29, 1.82) is 0 Å². The third kappa shape index (κ3) is 2.82. The van der Waals surface area contributed by atoms with Crippen LogP contribution in [0.25, 0.3) is 0 Å². The maximum atomic E-state index is 12.5. The lowest BCUT2D eigenvalue weighted by Crippen LogP contribution is -2.72. The molecule has 1 amide bonds. The molecule has 0 bridgehead atoms. The van der Waals surface area contributed by atoms with Gasteiger partial charge in [-0.05, 0) is 62.5 Å². The Balaban J connectivity index is 1.93. The second kappa shape index (κ2) is 8.03. The molecule has 3 aliphatic rings. The molecule has 3 atom stereocenters. The maximum absolute atomic E-state index is 12.5. The van der Waals surface area contributed by atoms with Crippen LogP contribution in [-0.2, 0) is 21.4 Å². The SMILES string of the molecule is CCC(CC)(OC)C1([C@@H]2CNC[C@@]23CCCc2ccccc23)CCCCN1C=O. The molecule has 1 aromatic carbocycles. The van der Waals surface area contributed by atoms with Crippen LogP contribution in [0.4, 0.5) is 0 Å². The number of rotatable bonds is 6. The Morgan fingerprint density at radius 2 is 2.00 bits per heavy atom. The second-order valence-corrected chi connectivity index (χ2v) is 9.44. The number of ether oxygens (including phenoxy) is 1.